The molecule has 1 N–H and O–H groups in total. The number of carboxylic acids is 1. The predicted octanol–water partition coefficient (Wildman–Crippen LogP) is 6.24. The normalized spacial score (nSPS) is 11.9. The van der Waals surface area contributed by atoms with Gasteiger partial charge in [-0.25, -0.2) is 9.59 Å². The van der Waals surface area contributed by atoms with Crippen LogP contribution in [0.1, 0.15) is 105 Å². The second-order valence-electron chi connectivity index (χ2n) is 6.93. The Kier molecular flexibility index (Phi) is 11.4. The van der Waals surface area contributed by atoms with Crippen molar-refractivity contribution in [1.82, 2.24) is 0 Å². The fourth-order valence-corrected chi connectivity index (χ4v) is 3.09. The zero-order valence-corrected chi connectivity index (χ0v) is 16.3. The third kappa shape index (κ3) is 8.50. The summed E-state index contributed by atoms with van der Waals surface area (Å²) in [6, 6.07) is 6.25. The topological polar surface area (TPSA) is 63.6 Å². The Hall–Kier alpha value is -1.84. The highest BCUT2D eigenvalue weighted by molar-refractivity contribution is 6.02. The van der Waals surface area contributed by atoms with E-state index in [4.69, 9.17) is 4.74 Å². The van der Waals surface area contributed by atoms with Gasteiger partial charge in [0.25, 0.3) is 0 Å². The number of ether oxygens (including phenoxy) is 1. The summed E-state index contributed by atoms with van der Waals surface area (Å²) >= 11 is 0. The SMILES string of the molecule is CCCCCCCCCC(CCCC)OC(=O)c1ccccc1C(=O)O. The monoisotopic (exact) mass is 362 g/mol. The molecule has 1 unspecified atom stereocenters. The maximum atomic E-state index is 12.5. The zero-order valence-electron chi connectivity index (χ0n) is 16.3. The summed E-state index contributed by atoms with van der Waals surface area (Å²) in [7, 11) is 0. The number of carbonyl (C=O) groups is 2. The summed E-state index contributed by atoms with van der Waals surface area (Å²) in [5, 5.41) is 9.24. The molecular formula is C22H34O4. The van der Waals surface area contributed by atoms with Gasteiger partial charge in [-0.05, 0) is 31.4 Å². The molecule has 1 aromatic rings. The van der Waals surface area contributed by atoms with Crippen molar-refractivity contribution in [2.45, 2.75) is 90.6 Å². The molecule has 0 aliphatic heterocycles. The third-order valence-corrected chi connectivity index (χ3v) is 4.66. The Balaban J connectivity index is 2.53. The van der Waals surface area contributed by atoms with Crippen LogP contribution in [0.5, 0.6) is 0 Å². The number of carbonyl (C=O) groups excluding carboxylic acids is 1. The molecule has 1 rings (SSSR count). The van der Waals surface area contributed by atoms with Crippen LogP contribution in [-0.4, -0.2) is 23.1 Å². The minimum atomic E-state index is -1.10. The smallest absolute Gasteiger partial charge is 0.339 e. The summed E-state index contributed by atoms with van der Waals surface area (Å²) in [5.41, 5.74) is 0.142. The molecule has 0 saturated carbocycles. The number of unbranched alkanes of at least 4 members (excludes halogenated alkanes) is 7. The molecule has 4 nitrogen and oxygen atoms in total. The molecule has 146 valence electrons. The van der Waals surface area contributed by atoms with Gasteiger partial charge in [-0.15, -0.1) is 0 Å². The molecule has 0 bridgehead atoms. The number of esters is 1. The van der Waals surface area contributed by atoms with Crippen molar-refractivity contribution in [3.05, 3.63) is 35.4 Å². The maximum absolute atomic E-state index is 12.5. The first-order chi connectivity index (χ1) is 12.6. The standard InChI is InChI=1S/C22H34O4/c1-3-5-7-8-9-10-11-15-18(14-6-4-2)26-22(25)20-17-13-12-16-19(20)21(23)24/h12-13,16-18H,3-11,14-15H2,1-2H3,(H,23,24). The molecule has 0 heterocycles. The summed E-state index contributed by atoms with van der Waals surface area (Å²) < 4.78 is 5.67. The Bertz CT molecular complexity index is 539. The van der Waals surface area contributed by atoms with E-state index < -0.39 is 11.9 Å². The van der Waals surface area contributed by atoms with Crippen molar-refractivity contribution < 1.29 is 19.4 Å². The first kappa shape index (κ1) is 22.2. The number of hydrogen-bond acceptors (Lipinski definition) is 3. The molecule has 0 amide bonds. The van der Waals surface area contributed by atoms with E-state index in [2.05, 4.69) is 13.8 Å². The predicted molar refractivity (Wildman–Crippen MR) is 105 cm³/mol. The Morgan fingerprint density at radius 1 is 0.846 bits per heavy atom. The van der Waals surface area contributed by atoms with Gasteiger partial charge >= 0.3 is 11.9 Å². The van der Waals surface area contributed by atoms with Crippen LogP contribution in [0.25, 0.3) is 0 Å². The van der Waals surface area contributed by atoms with Gasteiger partial charge in [-0.1, -0.05) is 77.3 Å². The first-order valence-electron chi connectivity index (χ1n) is 10.1. The highest BCUT2D eigenvalue weighted by Gasteiger charge is 2.20. The largest absolute Gasteiger partial charge is 0.478 e. The van der Waals surface area contributed by atoms with Crippen LogP contribution >= 0.6 is 0 Å². The van der Waals surface area contributed by atoms with Crippen LogP contribution in [0.3, 0.4) is 0 Å². The van der Waals surface area contributed by atoms with Crippen LogP contribution in [0.2, 0.25) is 0 Å². The average molecular weight is 363 g/mol. The molecule has 26 heavy (non-hydrogen) atoms. The molecule has 4 heteroatoms. The van der Waals surface area contributed by atoms with Crippen LogP contribution < -0.4 is 0 Å². The summed E-state index contributed by atoms with van der Waals surface area (Å²) in [6.07, 6.45) is 12.2. The molecule has 1 atom stereocenters. The van der Waals surface area contributed by atoms with Crippen LogP contribution in [0, 0.1) is 0 Å². The third-order valence-electron chi connectivity index (χ3n) is 4.66. The summed E-state index contributed by atoms with van der Waals surface area (Å²) in [5.74, 6) is -1.62. The van der Waals surface area contributed by atoms with Gasteiger partial charge in [0.1, 0.15) is 6.10 Å². The lowest BCUT2D eigenvalue weighted by atomic mass is 10.0. The van der Waals surface area contributed by atoms with Crippen molar-refractivity contribution in [3.63, 3.8) is 0 Å². The van der Waals surface area contributed by atoms with E-state index in [-0.39, 0.29) is 17.2 Å². The minimum Gasteiger partial charge on any atom is -0.478 e. The van der Waals surface area contributed by atoms with Crippen LogP contribution in [0.4, 0.5) is 0 Å². The Morgan fingerprint density at radius 2 is 1.38 bits per heavy atom. The number of hydrogen-bond donors (Lipinski definition) is 1. The Labute approximate surface area is 158 Å². The molecule has 0 spiro atoms. The van der Waals surface area contributed by atoms with E-state index in [1.807, 2.05) is 0 Å². The molecular weight excluding hydrogens is 328 g/mol. The lowest BCUT2D eigenvalue weighted by Gasteiger charge is -2.18. The number of aromatic carboxylic acids is 1. The molecule has 0 aliphatic rings. The lowest BCUT2D eigenvalue weighted by molar-refractivity contribution is 0.0245. The fraction of sp³-hybridized carbons (Fsp3) is 0.636. The number of carboxylic acid groups (broad SMARTS) is 1. The fourth-order valence-electron chi connectivity index (χ4n) is 3.09. The molecule has 0 aliphatic carbocycles. The highest BCUT2D eigenvalue weighted by Crippen LogP contribution is 2.18. The van der Waals surface area contributed by atoms with E-state index in [0.717, 1.165) is 38.5 Å². The van der Waals surface area contributed by atoms with Gasteiger partial charge < -0.3 is 9.84 Å². The first-order valence-corrected chi connectivity index (χ1v) is 10.1. The van der Waals surface area contributed by atoms with E-state index in [0.29, 0.717) is 0 Å². The molecule has 1 aromatic carbocycles. The average Bonchev–Trinajstić information content (AvgIpc) is 2.64. The second-order valence-corrected chi connectivity index (χ2v) is 6.93. The van der Waals surface area contributed by atoms with Crippen molar-refractivity contribution in [2.75, 3.05) is 0 Å². The van der Waals surface area contributed by atoms with Gasteiger partial charge in [0.15, 0.2) is 0 Å². The number of benzene rings is 1. The molecule has 0 saturated heterocycles. The molecule has 0 fully saturated rings. The van der Waals surface area contributed by atoms with E-state index in [1.165, 1.54) is 44.2 Å². The van der Waals surface area contributed by atoms with Gasteiger partial charge in [0.2, 0.25) is 0 Å². The van der Waals surface area contributed by atoms with Crippen molar-refractivity contribution in [3.8, 4) is 0 Å². The summed E-state index contributed by atoms with van der Waals surface area (Å²) in [4.78, 5) is 23.8. The van der Waals surface area contributed by atoms with Gasteiger partial charge in [-0.3, -0.25) is 0 Å². The van der Waals surface area contributed by atoms with Crippen molar-refractivity contribution >= 4 is 11.9 Å². The summed E-state index contributed by atoms with van der Waals surface area (Å²) in [6.45, 7) is 4.33. The van der Waals surface area contributed by atoms with Gasteiger partial charge in [0, 0.05) is 0 Å². The van der Waals surface area contributed by atoms with E-state index >= 15 is 0 Å². The lowest BCUT2D eigenvalue weighted by Crippen LogP contribution is -2.20. The zero-order chi connectivity index (χ0) is 19.2. The van der Waals surface area contributed by atoms with Crippen LogP contribution in [-0.2, 0) is 4.74 Å². The van der Waals surface area contributed by atoms with Gasteiger partial charge in [-0.2, -0.15) is 0 Å². The number of rotatable bonds is 14. The van der Waals surface area contributed by atoms with Crippen LogP contribution in [0.15, 0.2) is 24.3 Å². The quantitative estimate of drug-likeness (QED) is 0.314. The Morgan fingerprint density at radius 3 is 2.00 bits per heavy atom. The maximum Gasteiger partial charge on any atom is 0.339 e. The highest BCUT2D eigenvalue weighted by atomic mass is 16.5. The van der Waals surface area contributed by atoms with E-state index in [1.54, 1.807) is 12.1 Å². The molecule has 0 radical (unpaired) electrons. The van der Waals surface area contributed by atoms with Crippen molar-refractivity contribution in [2.24, 2.45) is 0 Å². The van der Waals surface area contributed by atoms with Gasteiger partial charge in [0.05, 0.1) is 11.1 Å². The van der Waals surface area contributed by atoms with E-state index in [9.17, 15) is 14.7 Å². The molecule has 0 aromatic heterocycles. The minimum absolute atomic E-state index is 0.00247. The van der Waals surface area contributed by atoms with Crippen molar-refractivity contribution in [1.29, 1.82) is 0 Å². The second kappa shape index (κ2) is 13.4.